The van der Waals surface area contributed by atoms with Crippen molar-refractivity contribution in [2.45, 2.75) is 52.8 Å². The van der Waals surface area contributed by atoms with Crippen LogP contribution >= 0.6 is 0 Å². The normalized spacial score (nSPS) is 11.4. The summed E-state index contributed by atoms with van der Waals surface area (Å²) in [5.41, 5.74) is 2.74. The second-order valence-electron chi connectivity index (χ2n) is 8.12. The molecule has 0 spiro atoms. The smallest absolute Gasteiger partial charge is 0.271 e. The van der Waals surface area contributed by atoms with Gasteiger partial charge in [0, 0.05) is 25.5 Å². The second-order valence-corrected chi connectivity index (χ2v) is 8.12. The number of carbonyl (C=O) groups excluding carboxylic acids is 1. The van der Waals surface area contributed by atoms with Gasteiger partial charge in [-0.05, 0) is 48.6 Å². The van der Waals surface area contributed by atoms with Crippen LogP contribution in [-0.4, -0.2) is 32.0 Å². The molecule has 0 radical (unpaired) electrons. The van der Waals surface area contributed by atoms with Gasteiger partial charge in [-0.3, -0.25) is 9.48 Å². The minimum Gasteiger partial charge on any atom is -0.471 e. The Morgan fingerprint density at radius 1 is 1.03 bits per heavy atom. The van der Waals surface area contributed by atoms with Crippen LogP contribution in [0.1, 0.15) is 48.9 Å². The summed E-state index contributed by atoms with van der Waals surface area (Å²) in [6, 6.07) is 11.7. The van der Waals surface area contributed by atoms with Crippen molar-refractivity contribution in [3.8, 4) is 5.75 Å². The van der Waals surface area contributed by atoms with Gasteiger partial charge in [0.05, 0.1) is 5.69 Å². The lowest BCUT2D eigenvalue weighted by Crippen LogP contribution is -2.26. The van der Waals surface area contributed by atoms with E-state index in [4.69, 9.17) is 4.74 Å². The molecule has 154 valence electrons. The molecule has 0 unspecified atom stereocenters. The van der Waals surface area contributed by atoms with E-state index in [9.17, 15) is 4.79 Å². The van der Waals surface area contributed by atoms with E-state index in [-0.39, 0.29) is 18.1 Å². The van der Waals surface area contributed by atoms with Gasteiger partial charge in [0.2, 0.25) is 0 Å². The first kappa shape index (κ1) is 20.6. The molecule has 0 fully saturated rings. The second kappa shape index (κ2) is 8.94. The third-order valence-electron chi connectivity index (χ3n) is 4.58. The molecule has 3 rings (SSSR count). The summed E-state index contributed by atoms with van der Waals surface area (Å²) in [5, 5.41) is 11.5. The number of aromatic nitrogens is 4. The largest absolute Gasteiger partial charge is 0.471 e. The van der Waals surface area contributed by atoms with Crippen molar-refractivity contribution in [3.63, 3.8) is 0 Å². The van der Waals surface area contributed by atoms with E-state index in [1.807, 2.05) is 36.0 Å². The maximum Gasteiger partial charge on any atom is 0.271 e. The van der Waals surface area contributed by atoms with E-state index < -0.39 is 0 Å². The zero-order chi connectivity index (χ0) is 20.9. The molecule has 0 aliphatic rings. The fourth-order valence-corrected chi connectivity index (χ4v) is 2.87. The summed E-state index contributed by atoms with van der Waals surface area (Å²) in [6.45, 7) is 10.1. The monoisotopic (exact) mass is 395 g/mol. The molecule has 29 heavy (non-hydrogen) atoms. The number of nitrogens with zero attached hydrogens (tertiary/aromatic N) is 4. The SMILES string of the molecule is Cc1ccn(CCCNC(=O)c2ccn(COc3ccc(C(C)(C)C)cc3)n2)n1. The maximum absolute atomic E-state index is 12.2. The Kier molecular flexibility index (Phi) is 6.36. The van der Waals surface area contributed by atoms with Crippen LogP contribution in [0, 0.1) is 6.92 Å². The molecular weight excluding hydrogens is 366 g/mol. The highest BCUT2D eigenvalue weighted by molar-refractivity contribution is 5.92. The molecule has 1 N–H and O–H groups in total. The summed E-state index contributed by atoms with van der Waals surface area (Å²) >= 11 is 0. The fourth-order valence-electron chi connectivity index (χ4n) is 2.87. The quantitative estimate of drug-likeness (QED) is 0.592. The predicted molar refractivity (Wildman–Crippen MR) is 112 cm³/mol. The van der Waals surface area contributed by atoms with Gasteiger partial charge in [0.15, 0.2) is 6.73 Å². The molecule has 2 heterocycles. The van der Waals surface area contributed by atoms with E-state index >= 15 is 0 Å². The van der Waals surface area contributed by atoms with Crippen LogP contribution < -0.4 is 10.1 Å². The number of hydrogen-bond acceptors (Lipinski definition) is 4. The maximum atomic E-state index is 12.2. The van der Waals surface area contributed by atoms with Crippen LogP contribution in [0.25, 0.3) is 0 Å². The van der Waals surface area contributed by atoms with Crippen molar-refractivity contribution in [2.24, 2.45) is 0 Å². The number of hydrogen-bond donors (Lipinski definition) is 1. The van der Waals surface area contributed by atoms with Crippen molar-refractivity contribution >= 4 is 5.91 Å². The van der Waals surface area contributed by atoms with E-state index in [0.717, 1.165) is 24.4 Å². The zero-order valence-corrected chi connectivity index (χ0v) is 17.6. The Labute approximate surface area is 171 Å². The molecule has 0 saturated heterocycles. The van der Waals surface area contributed by atoms with E-state index in [1.54, 1.807) is 16.9 Å². The third-order valence-corrected chi connectivity index (χ3v) is 4.58. The number of aryl methyl sites for hydroxylation is 2. The van der Waals surface area contributed by atoms with Gasteiger partial charge in [-0.1, -0.05) is 32.9 Å². The average molecular weight is 396 g/mol. The number of amides is 1. The lowest BCUT2D eigenvalue weighted by Gasteiger charge is -2.19. The highest BCUT2D eigenvalue weighted by atomic mass is 16.5. The van der Waals surface area contributed by atoms with Gasteiger partial charge in [-0.2, -0.15) is 10.2 Å². The topological polar surface area (TPSA) is 74.0 Å². The third kappa shape index (κ3) is 5.94. The Morgan fingerprint density at radius 3 is 2.41 bits per heavy atom. The van der Waals surface area contributed by atoms with Crippen molar-refractivity contribution in [1.29, 1.82) is 0 Å². The van der Waals surface area contributed by atoms with E-state index in [2.05, 4.69) is 48.4 Å². The molecule has 0 saturated carbocycles. The summed E-state index contributed by atoms with van der Waals surface area (Å²) in [5.74, 6) is 0.586. The van der Waals surface area contributed by atoms with Gasteiger partial charge < -0.3 is 10.1 Å². The van der Waals surface area contributed by atoms with Gasteiger partial charge >= 0.3 is 0 Å². The highest BCUT2D eigenvalue weighted by Crippen LogP contribution is 2.24. The molecule has 0 aliphatic heterocycles. The van der Waals surface area contributed by atoms with E-state index in [0.29, 0.717) is 12.2 Å². The number of benzene rings is 1. The van der Waals surface area contributed by atoms with Crippen molar-refractivity contribution < 1.29 is 9.53 Å². The predicted octanol–water partition coefficient (Wildman–Crippen LogP) is 3.54. The van der Waals surface area contributed by atoms with Crippen LogP contribution in [0.3, 0.4) is 0 Å². The van der Waals surface area contributed by atoms with Gasteiger partial charge in [0.1, 0.15) is 11.4 Å². The fraction of sp³-hybridized carbons (Fsp3) is 0.409. The van der Waals surface area contributed by atoms with Crippen LogP contribution in [0.15, 0.2) is 48.8 Å². The Bertz CT molecular complexity index is 935. The first-order valence-electron chi connectivity index (χ1n) is 9.86. The molecule has 1 aromatic carbocycles. The molecular formula is C22H29N5O2. The molecule has 7 nitrogen and oxygen atoms in total. The summed E-state index contributed by atoms with van der Waals surface area (Å²) in [6.07, 6.45) is 4.49. The Balaban J connectivity index is 1.43. The molecule has 1 amide bonds. The molecule has 0 atom stereocenters. The zero-order valence-electron chi connectivity index (χ0n) is 17.6. The number of rotatable bonds is 8. The van der Waals surface area contributed by atoms with Crippen LogP contribution in [0.2, 0.25) is 0 Å². The van der Waals surface area contributed by atoms with Crippen molar-refractivity contribution in [2.75, 3.05) is 6.54 Å². The number of ether oxygens (including phenoxy) is 1. The number of carbonyl (C=O) groups is 1. The Hall–Kier alpha value is -3.09. The number of nitrogens with one attached hydrogen (secondary N) is 1. The van der Waals surface area contributed by atoms with Crippen molar-refractivity contribution in [3.05, 3.63) is 65.7 Å². The lowest BCUT2D eigenvalue weighted by atomic mass is 9.87. The summed E-state index contributed by atoms with van der Waals surface area (Å²) in [4.78, 5) is 12.2. The molecule has 3 aromatic rings. The molecule has 0 bridgehead atoms. The first-order valence-corrected chi connectivity index (χ1v) is 9.86. The summed E-state index contributed by atoms with van der Waals surface area (Å²) < 4.78 is 9.25. The highest BCUT2D eigenvalue weighted by Gasteiger charge is 2.13. The van der Waals surface area contributed by atoms with E-state index in [1.165, 1.54) is 5.56 Å². The van der Waals surface area contributed by atoms with Gasteiger partial charge in [-0.15, -0.1) is 0 Å². The Morgan fingerprint density at radius 2 is 1.76 bits per heavy atom. The molecule has 2 aromatic heterocycles. The lowest BCUT2D eigenvalue weighted by molar-refractivity contribution is 0.0945. The standard InChI is InChI=1S/C22H29N5O2/c1-17-10-14-26(24-17)13-5-12-23-21(28)20-11-15-27(25-20)16-29-19-8-6-18(7-9-19)22(2,3)4/h6-11,14-15H,5,12-13,16H2,1-4H3,(H,23,28). The minimum atomic E-state index is -0.185. The summed E-state index contributed by atoms with van der Waals surface area (Å²) in [7, 11) is 0. The van der Waals surface area contributed by atoms with Gasteiger partial charge in [-0.25, -0.2) is 4.68 Å². The van der Waals surface area contributed by atoms with Crippen LogP contribution in [0.5, 0.6) is 5.75 Å². The van der Waals surface area contributed by atoms with Gasteiger partial charge in [0.25, 0.3) is 5.91 Å². The van der Waals surface area contributed by atoms with Crippen molar-refractivity contribution in [1.82, 2.24) is 24.9 Å². The molecule has 0 aliphatic carbocycles. The molecule has 7 heteroatoms. The van der Waals surface area contributed by atoms with Crippen LogP contribution in [0.4, 0.5) is 0 Å². The van der Waals surface area contributed by atoms with Crippen LogP contribution in [-0.2, 0) is 18.7 Å². The minimum absolute atomic E-state index is 0.111. The average Bonchev–Trinajstić information content (AvgIpc) is 3.32. The first-order chi connectivity index (χ1) is 13.8.